The second-order valence-corrected chi connectivity index (χ2v) is 18.1. The molecule has 14 heteroatoms. The van der Waals surface area contributed by atoms with Crippen molar-refractivity contribution in [2.45, 2.75) is 206 Å². The summed E-state index contributed by atoms with van der Waals surface area (Å²) in [7, 11) is -4.68. The van der Waals surface area contributed by atoms with Gasteiger partial charge in [0.15, 0.2) is 6.10 Å². The minimum absolute atomic E-state index is 0.0250. The van der Waals surface area contributed by atoms with Gasteiger partial charge in [-0.05, 0) is 31.6 Å². The number of rotatable bonds is 38. The number of carbonyl (C=O) groups excluding carboxylic acids is 3. The van der Waals surface area contributed by atoms with Gasteiger partial charge >= 0.3 is 19.8 Å². The normalized spacial score (nSPS) is 19.7. The van der Waals surface area contributed by atoms with E-state index in [0.717, 1.165) is 57.3 Å². The maximum absolute atomic E-state index is 12.7. The van der Waals surface area contributed by atoms with E-state index >= 15 is 0 Å². The van der Waals surface area contributed by atoms with Crippen LogP contribution in [0.2, 0.25) is 0 Å². The van der Waals surface area contributed by atoms with Crippen molar-refractivity contribution in [3.63, 3.8) is 0 Å². The molecule has 5 N–H and O–H groups in total. The monoisotopic (exact) mass is 849 g/mol. The van der Waals surface area contributed by atoms with Crippen LogP contribution in [0.25, 0.3) is 0 Å². The summed E-state index contributed by atoms with van der Waals surface area (Å²) < 4.78 is 32.7. The third-order valence-corrected chi connectivity index (χ3v) is 11.7. The Morgan fingerprint density at radius 1 is 0.759 bits per heavy atom. The van der Waals surface area contributed by atoms with Crippen molar-refractivity contribution in [2.75, 3.05) is 26.4 Å². The van der Waals surface area contributed by atoms with Crippen LogP contribution >= 0.6 is 7.82 Å². The van der Waals surface area contributed by atoms with Gasteiger partial charge in [-0.1, -0.05) is 148 Å². The van der Waals surface area contributed by atoms with Crippen LogP contribution in [0, 0.1) is 17.8 Å². The van der Waals surface area contributed by atoms with Gasteiger partial charge in [-0.15, -0.1) is 0 Å². The lowest BCUT2D eigenvalue weighted by atomic mass is 9.88. The topological polar surface area (TPSA) is 206 Å². The molecule has 1 aliphatic rings. The standard InChI is InChI=1S/C44H81O13P/c1-4-5-18-24-36(46)28-29-40-39(41(48)30-42(40)49)25-20-16-17-22-27-44(51)57-38(34-56-58(52,53)55-32-37(47)31-45)33-54-43(50)26-21-15-13-11-9-7-6-8-10-12-14-19-23-35(2)3/h28-29,35-40,42,45-47,49H,4-27,30-34H2,1-3H3,(H,52,53)/b29-28+/t36-,37-,38+,39+,40+,42+/m0/s1. The Morgan fingerprint density at radius 3 is 1.88 bits per heavy atom. The van der Waals surface area contributed by atoms with Crippen molar-refractivity contribution in [2.24, 2.45) is 17.8 Å². The fraction of sp³-hybridized carbons (Fsp3) is 0.886. The predicted molar refractivity (Wildman–Crippen MR) is 225 cm³/mol. The highest BCUT2D eigenvalue weighted by atomic mass is 31.2. The number of ketones is 1. The van der Waals surface area contributed by atoms with Crippen LogP contribution in [0.3, 0.4) is 0 Å². The molecule has 7 atom stereocenters. The molecule has 0 spiro atoms. The molecule has 0 radical (unpaired) electrons. The SMILES string of the molecule is CCCCC[C@H](O)/C=C/[C@H]1[C@H](O)CC(=O)[C@@H]1CCCCCCC(=O)O[C@H](COC(=O)CCCCCCCCCCCCCCC(C)C)COP(=O)(O)OC[C@@H](O)CO. The van der Waals surface area contributed by atoms with Gasteiger partial charge in [0, 0.05) is 31.1 Å². The summed E-state index contributed by atoms with van der Waals surface area (Å²) in [5.41, 5.74) is 0. The molecule has 0 aromatic heterocycles. The second kappa shape index (κ2) is 34.0. The predicted octanol–water partition coefficient (Wildman–Crippen LogP) is 8.45. The van der Waals surface area contributed by atoms with Crippen molar-refractivity contribution in [1.82, 2.24) is 0 Å². The van der Waals surface area contributed by atoms with Crippen LogP contribution in [0.1, 0.15) is 181 Å². The first-order valence-corrected chi connectivity index (χ1v) is 24.1. The number of aliphatic hydroxyl groups is 4. The zero-order valence-corrected chi connectivity index (χ0v) is 37.0. The second-order valence-electron chi connectivity index (χ2n) is 16.7. The van der Waals surface area contributed by atoms with Crippen LogP contribution in [0.15, 0.2) is 12.2 Å². The molecule has 0 aliphatic heterocycles. The minimum Gasteiger partial charge on any atom is -0.462 e. The summed E-state index contributed by atoms with van der Waals surface area (Å²) in [6.07, 6.45) is 22.2. The van der Waals surface area contributed by atoms with Gasteiger partial charge in [0.25, 0.3) is 0 Å². The lowest BCUT2D eigenvalue weighted by Gasteiger charge is -2.20. The first-order chi connectivity index (χ1) is 27.8. The Balaban J connectivity index is 2.43. The van der Waals surface area contributed by atoms with E-state index in [1.807, 2.05) is 0 Å². The summed E-state index contributed by atoms with van der Waals surface area (Å²) in [6.45, 7) is 4.33. The fourth-order valence-electron chi connectivity index (χ4n) is 7.19. The molecule has 1 rings (SSSR count). The van der Waals surface area contributed by atoms with Crippen LogP contribution in [-0.2, 0) is 37.5 Å². The number of hydrogen-bond donors (Lipinski definition) is 5. The third kappa shape index (κ3) is 28.7. The lowest BCUT2D eigenvalue weighted by molar-refractivity contribution is -0.161. The maximum Gasteiger partial charge on any atom is 0.472 e. The maximum atomic E-state index is 12.7. The molecule has 13 nitrogen and oxygen atoms in total. The average molecular weight is 849 g/mol. The quantitative estimate of drug-likeness (QED) is 0.0171. The van der Waals surface area contributed by atoms with Crippen molar-refractivity contribution in [3.8, 4) is 0 Å². The molecule has 0 heterocycles. The van der Waals surface area contributed by atoms with E-state index in [9.17, 15) is 39.2 Å². The van der Waals surface area contributed by atoms with Crippen LogP contribution in [0.5, 0.6) is 0 Å². The molecular formula is C44H81O13P. The Labute approximate surface area is 349 Å². The molecule has 58 heavy (non-hydrogen) atoms. The number of esters is 2. The minimum atomic E-state index is -4.68. The van der Waals surface area contributed by atoms with E-state index in [0.29, 0.717) is 32.1 Å². The highest BCUT2D eigenvalue weighted by Gasteiger charge is 2.39. The number of hydrogen-bond acceptors (Lipinski definition) is 12. The van der Waals surface area contributed by atoms with Gasteiger partial charge in [0.2, 0.25) is 0 Å². The van der Waals surface area contributed by atoms with Crippen molar-refractivity contribution in [3.05, 3.63) is 12.2 Å². The third-order valence-electron chi connectivity index (χ3n) is 10.7. The van der Waals surface area contributed by atoms with Crippen molar-refractivity contribution >= 4 is 25.5 Å². The molecule has 0 aromatic carbocycles. The number of aliphatic hydroxyl groups excluding tert-OH is 4. The average Bonchev–Trinajstić information content (AvgIpc) is 3.45. The van der Waals surface area contributed by atoms with Gasteiger partial charge in [-0.3, -0.25) is 23.4 Å². The largest absolute Gasteiger partial charge is 0.472 e. The van der Waals surface area contributed by atoms with E-state index in [4.69, 9.17) is 19.1 Å². The van der Waals surface area contributed by atoms with E-state index in [1.165, 1.54) is 57.8 Å². The van der Waals surface area contributed by atoms with E-state index in [-0.39, 0.29) is 43.5 Å². The Kier molecular flexibility index (Phi) is 31.8. The molecule has 1 aliphatic carbocycles. The first-order valence-electron chi connectivity index (χ1n) is 22.6. The number of carbonyl (C=O) groups is 3. The highest BCUT2D eigenvalue weighted by molar-refractivity contribution is 7.47. The Hall–Kier alpha value is -1.70. The van der Waals surface area contributed by atoms with Gasteiger partial charge in [0.1, 0.15) is 18.5 Å². The van der Waals surface area contributed by atoms with Gasteiger partial charge < -0.3 is 34.8 Å². The number of unbranched alkanes of at least 4 members (excludes halogenated alkanes) is 16. The summed E-state index contributed by atoms with van der Waals surface area (Å²) >= 11 is 0. The van der Waals surface area contributed by atoms with Crippen LogP contribution in [-0.4, -0.2) is 93.9 Å². The van der Waals surface area contributed by atoms with Gasteiger partial charge in [-0.2, -0.15) is 0 Å². The number of ether oxygens (including phenoxy) is 2. The summed E-state index contributed by atoms with van der Waals surface area (Å²) in [4.78, 5) is 47.8. The molecule has 0 bridgehead atoms. The first kappa shape index (κ1) is 54.3. The molecule has 340 valence electrons. The highest BCUT2D eigenvalue weighted by Crippen LogP contribution is 2.43. The number of Topliss-reactive ketones (excluding diaryl/α,β-unsaturated/α-hetero) is 1. The van der Waals surface area contributed by atoms with Crippen molar-refractivity contribution in [1.29, 1.82) is 0 Å². The van der Waals surface area contributed by atoms with Gasteiger partial charge in [0.05, 0.1) is 32.0 Å². The zero-order valence-electron chi connectivity index (χ0n) is 36.2. The molecule has 1 unspecified atom stereocenters. The van der Waals surface area contributed by atoms with E-state index in [2.05, 4.69) is 25.3 Å². The smallest absolute Gasteiger partial charge is 0.462 e. The van der Waals surface area contributed by atoms with Crippen LogP contribution in [0.4, 0.5) is 0 Å². The van der Waals surface area contributed by atoms with Crippen molar-refractivity contribution < 1.29 is 62.8 Å². The summed E-state index contributed by atoms with van der Waals surface area (Å²) in [5.74, 6) is -0.884. The van der Waals surface area contributed by atoms with E-state index in [1.54, 1.807) is 12.2 Å². The summed E-state index contributed by atoms with van der Waals surface area (Å²) in [6, 6.07) is 0. The molecule has 0 aromatic rings. The molecule has 0 saturated heterocycles. The van der Waals surface area contributed by atoms with Crippen LogP contribution < -0.4 is 0 Å². The zero-order chi connectivity index (χ0) is 43.0. The number of phosphoric ester groups is 1. The lowest BCUT2D eigenvalue weighted by Crippen LogP contribution is -2.29. The molecule has 1 fully saturated rings. The Bertz CT molecular complexity index is 1150. The summed E-state index contributed by atoms with van der Waals surface area (Å²) in [5, 5.41) is 39.1. The van der Waals surface area contributed by atoms with E-state index < -0.39 is 64.0 Å². The fourth-order valence-corrected chi connectivity index (χ4v) is 7.98. The molecule has 1 saturated carbocycles. The number of phosphoric acid groups is 1. The Morgan fingerprint density at radius 2 is 1.29 bits per heavy atom. The molecular weight excluding hydrogens is 767 g/mol. The van der Waals surface area contributed by atoms with Gasteiger partial charge in [-0.25, -0.2) is 4.57 Å². The molecule has 0 amide bonds.